The number of rotatable bonds is 7. The van der Waals surface area contributed by atoms with Crippen molar-refractivity contribution in [3.63, 3.8) is 0 Å². The fourth-order valence-electron chi connectivity index (χ4n) is 1.17. The Labute approximate surface area is 95.9 Å². The van der Waals surface area contributed by atoms with Gasteiger partial charge in [-0.05, 0) is 24.1 Å². The molecule has 0 amide bonds. The van der Waals surface area contributed by atoms with Gasteiger partial charge in [-0.25, -0.2) is 13.1 Å². The maximum Gasteiger partial charge on any atom is 0.211 e. The first-order valence-electron chi connectivity index (χ1n) is 4.99. The molecule has 0 aromatic carbocycles. The van der Waals surface area contributed by atoms with E-state index in [1.807, 2.05) is 12.1 Å². The van der Waals surface area contributed by atoms with Crippen molar-refractivity contribution in [1.29, 1.82) is 0 Å². The molecule has 0 aliphatic heterocycles. The van der Waals surface area contributed by atoms with E-state index in [9.17, 15) is 8.42 Å². The fraction of sp³-hybridized carbons (Fsp3) is 0.500. The van der Waals surface area contributed by atoms with Crippen molar-refractivity contribution in [3.8, 4) is 0 Å². The van der Waals surface area contributed by atoms with Crippen LogP contribution >= 0.6 is 0 Å². The average Bonchev–Trinajstić information content (AvgIpc) is 2.28. The molecule has 0 saturated heterocycles. The van der Waals surface area contributed by atoms with E-state index in [0.29, 0.717) is 19.6 Å². The van der Waals surface area contributed by atoms with Crippen molar-refractivity contribution < 1.29 is 13.2 Å². The van der Waals surface area contributed by atoms with Crippen LogP contribution in [0.4, 0.5) is 0 Å². The molecule has 0 spiro atoms. The van der Waals surface area contributed by atoms with Crippen molar-refractivity contribution in [2.45, 2.75) is 6.42 Å². The highest BCUT2D eigenvalue weighted by molar-refractivity contribution is 7.89. The van der Waals surface area contributed by atoms with Gasteiger partial charge in [0.25, 0.3) is 0 Å². The van der Waals surface area contributed by atoms with E-state index >= 15 is 0 Å². The minimum absolute atomic E-state index is 0.0841. The summed E-state index contributed by atoms with van der Waals surface area (Å²) in [6.07, 6.45) is 3.80. The number of pyridine rings is 1. The smallest absolute Gasteiger partial charge is 0.211 e. The Balaban J connectivity index is 2.36. The molecule has 0 atom stereocenters. The lowest BCUT2D eigenvalue weighted by Crippen LogP contribution is -2.30. The summed E-state index contributed by atoms with van der Waals surface area (Å²) in [5, 5.41) is 0. The van der Waals surface area contributed by atoms with Crippen LogP contribution in [0.15, 0.2) is 24.5 Å². The number of hydrogen-bond donors (Lipinski definition) is 1. The summed E-state index contributed by atoms with van der Waals surface area (Å²) in [4.78, 5) is 3.87. The minimum atomic E-state index is -3.20. The van der Waals surface area contributed by atoms with E-state index in [-0.39, 0.29) is 5.75 Å². The summed E-state index contributed by atoms with van der Waals surface area (Å²) in [7, 11) is -1.67. The van der Waals surface area contributed by atoms with Crippen LogP contribution in [0, 0.1) is 0 Å². The van der Waals surface area contributed by atoms with Gasteiger partial charge in [0.05, 0.1) is 12.4 Å². The predicted molar refractivity (Wildman–Crippen MR) is 61.6 cm³/mol. The number of aromatic nitrogens is 1. The van der Waals surface area contributed by atoms with E-state index < -0.39 is 10.0 Å². The van der Waals surface area contributed by atoms with E-state index in [2.05, 4.69) is 9.71 Å². The molecule has 5 nitrogen and oxygen atoms in total. The lowest BCUT2D eigenvalue weighted by Gasteiger charge is -2.05. The second-order valence-electron chi connectivity index (χ2n) is 3.31. The van der Waals surface area contributed by atoms with Crippen LogP contribution in [0.1, 0.15) is 5.56 Å². The molecule has 6 heteroatoms. The average molecular weight is 244 g/mol. The Bertz CT molecular complexity index is 392. The fourth-order valence-corrected chi connectivity index (χ4v) is 2.22. The van der Waals surface area contributed by atoms with Crippen molar-refractivity contribution in [1.82, 2.24) is 9.71 Å². The highest BCUT2D eigenvalue weighted by Gasteiger charge is 2.09. The highest BCUT2D eigenvalue weighted by Crippen LogP contribution is 1.99. The molecule has 90 valence electrons. The SMILES string of the molecule is COCCNS(=O)(=O)CCc1ccncc1. The zero-order valence-corrected chi connectivity index (χ0v) is 10.0. The van der Waals surface area contributed by atoms with Crippen molar-refractivity contribution in [2.75, 3.05) is 26.0 Å². The van der Waals surface area contributed by atoms with Crippen molar-refractivity contribution >= 4 is 10.0 Å². The Hall–Kier alpha value is -0.980. The van der Waals surface area contributed by atoms with Gasteiger partial charge in [-0.15, -0.1) is 0 Å². The van der Waals surface area contributed by atoms with Crippen LogP contribution in [0.5, 0.6) is 0 Å². The maximum absolute atomic E-state index is 11.5. The van der Waals surface area contributed by atoms with Crippen LogP contribution in [0.2, 0.25) is 0 Å². The van der Waals surface area contributed by atoms with Gasteiger partial charge in [0, 0.05) is 26.0 Å². The van der Waals surface area contributed by atoms with Gasteiger partial charge in [0.1, 0.15) is 0 Å². The quantitative estimate of drug-likeness (QED) is 0.695. The molecule has 1 aromatic rings. The number of nitrogens with one attached hydrogen (secondary N) is 1. The predicted octanol–water partition coefficient (Wildman–Crippen LogP) is 0.190. The Morgan fingerprint density at radius 1 is 1.38 bits per heavy atom. The van der Waals surface area contributed by atoms with Gasteiger partial charge in [-0.1, -0.05) is 0 Å². The Morgan fingerprint density at radius 3 is 2.69 bits per heavy atom. The second-order valence-corrected chi connectivity index (χ2v) is 5.24. The normalized spacial score (nSPS) is 11.6. The topological polar surface area (TPSA) is 68.3 Å². The summed E-state index contributed by atoms with van der Waals surface area (Å²) in [5.74, 6) is 0.0841. The van der Waals surface area contributed by atoms with Crippen molar-refractivity contribution in [3.05, 3.63) is 30.1 Å². The lowest BCUT2D eigenvalue weighted by atomic mass is 10.2. The van der Waals surface area contributed by atoms with E-state index in [0.717, 1.165) is 5.56 Å². The van der Waals surface area contributed by atoms with E-state index in [1.165, 1.54) is 7.11 Å². The molecule has 1 rings (SSSR count). The molecular formula is C10H16N2O3S. The second kappa shape index (κ2) is 6.57. The first-order valence-corrected chi connectivity index (χ1v) is 6.64. The molecular weight excluding hydrogens is 228 g/mol. The summed E-state index contributed by atoms with van der Waals surface area (Å²) in [5.41, 5.74) is 0.965. The molecule has 0 bridgehead atoms. The van der Waals surface area contributed by atoms with E-state index in [1.54, 1.807) is 12.4 Å². The van der Waals surface area contributed by atoms with Crippen LogP contribution in [0.3, 0.4) is 0 Å². The monoisotopic (exact) mass is 244 g/mol. The third kappa shape index (κ3) is 5.20. The third-order valence-electron chi connectivity index (χ3n) is 2.04. The number of ether oxygens (including phenoxy) is 1. The van der Waals surface area contributed by atoms with Gasteiger partial charge in [0.15, 0.2) is 0 Å². The van der Waals surface area contributed by atoms with Crippen LogP contribution < -0.4 is 4.72 Å². The first kappa shape index (κ1) is 13.1. The third-order valence-corrected chi connectivity index (χ3v) is 3.42. The number of hydrogen-bond acceptors (Lipinski definition) is 4. The molecule has 0 fully saturated rings. The first-order chi connectivity index (χ1) is 7.64. The van der Waals surface area contributed by atoms with Crippen LogP contribution in [0.25, 0.3) is 0 Å². The van der Waals surface area contributed by atoms with Gasteiger partial charge in [0.2, 0.25) is 10.0 Å². The summed E-state index contributed by atoms with van der Waals surface area (Å²) < 4.78 is 30.2. The molecule has 0 aliphatic rings. The molecule has 1 aromatic heterocycles. The van der Waals surface area contributed by atoms with Gasteiger partial charge < -0.3 is 4.74 Å². The zero-order chi connectivity index (χ0) is 11.9. The minimum Gasteiger partial charge on any atom is -0.383 e. The number of aryl methyl sites for hydroxylation is 1. The largest absolute Gasteiger partial charge is 0.383 e. The zero-order valence-electron chi connectivity index (χ0n) is 9.22. The molecule has 0 saturated carbocycles. The van der Waals surface area contributed by atoms with Crippen molar-refractivity contribution in [2.24, 2.45) is 0 Å². The van der Waals surface area contributed by atoms with Gasteiger partial charge in [-0.2, -0.15) is 0 Å². The number of nitrogens with zero attached hydrogens (tertiary/aromatic N) is 1. The molecule has 0 aliphatic carbocycles. The standard InChI is InChI=1S/C10H16N2O3S/c1-15-8-7-12-16(13,14)9-4-10-2-5-11-6-3-10/h2-3,5-6,12H,4,7-9H2,1H3. The van der Waals surface area contributed by atoms with Crippen LogP contribution in [-0.2, 0) is 21.2 Å². The summed E-state index contributed by atoms with van der Waals surface area (Å²) >= 11 is 0. The lowest BCUT2D eigenvalue weighted by molar-refractivity contribution is 0.204. The van der Waals surface area contributed by atoms with Crippen LogP contribution in [-0.4, -0.2) is 39.4 Å². The Kier molecular flexibility index (Phi) is 5.37. The molecule has 1 N–H and O–H groups in total. The molecule has 16 heavy (non-hydrogen) atoms. The highest BCUT2D eigenvalue weighted by atomic mass is 32.2. The van der Waals surface area contributed by atoms with Gasteiger partial charge >= 0.3 is 0 Å². The van der Waals surface area contributed by atoms with Gasteiger partial charge in [-0.3, -0.25) is 4.98 Å². The molecule has 0 radical (unpaired) electrons. The number of methoxy groups -OCH3 is 1. The number of sulfonamides is 1. The Morgan fingerprint density at radius 2 is 2.06 bits per heavy atom. The molecule has 0 unspecified atom stereocenters. The summed E-state index contributed by atoms with van der Waals surface area (Å²) in [6.45, 7) is 0.698. The summed E-state index contributed by atoms with van der Waals surface area (Å²) in [6, 6.07) is 3.62. The maximum atomic E-state index is 11.5. The van der Waals surface area contributed by atoms with E-state index in [4.69, 9.17) is 4.74 Å². The molecule has 1 heterocycles.